The van der Waals surface area contributed by atoms with Crippen molar-refractivity contribution in [3.8, 4) is 5.75 Å². The van der Waals surface area contributed by atoms with Crippen LogP contribution in [0.4, 0.5) is 0 Å². The van der Waals surface area contributed by atoms with E-state index in [4.69, 9.17) is 15.2 Å². The second-order valence-corrected chi connectivity index (χ2v) is 6.58. The Morgan fingerprint density at radius 3 is 2.88 bits per heavy atom. The minimum atomic E-state index is 0.0573. The number of hydrogen-bond donors (Lipinski definition) is 1. The van der Waals surface area contributed by atoms with Gasteiger partial charge >= 0.3 is 0 Å². The topological polar surface area (TPSA) is 64.8 Å². The summed E-state index contributed by atoms with van der Waals surface area (Å²) in [5.41, 5.74) is 7.15. The zero-order valence-corrected chi connectivity index (χ0v) is 14.9. The first-order valence-electron chi connectivity index (χ1n) is 8.80. The van der Waals surface area contributed by atoms with Gasteiger partial charge in [-0.3, -0.25) is 4.79 Å². The minimum absolute atomic E-state index is 0.0573. The van der Waals surface area contributed by atoms with Crippen molar-refractivity contribution >= 4 is 5.91 Å². The van der Waals surface area contributed by atoms with E-state index in [1.807, 2.05) is 29.2 Å². The summed E-state index contributed by atoms with van der Waals surface area (Å²) in [6.07, 6.45) is 4.67. The van der Waals surface area contributed by atoms with Crippen LogP contribution in [0.1, 0.15) is 37.7 Å². The molecule has 1 saturated carbocycles. The highest BCUT2D eigenvalue weighted by Crippen LogP contribution is 2.26. The molecule has 0 spiro atoms. The van der Waals surface area contributed by atoms with Crippen molar-refractivity contribution in [3.63, 3.8) is 0 Å². The van der Waals surface area contributed by atoms with Gasteiger partial charge in [0.2, 0.25) is 5.91 Å². The molecule has 0 heterocycles. The smallest absolute Gasteiger partial charge is 0.226 e. The maximum absolute atomic E-state index is 13.0. The second-order valence-electron chi connectivity index (χ2n) is 6.58. The average Bonchev–Trinajstić information content (AvgIpc) is 2.60. The molecule has 5 nitrogen and oxygen atoms in total. The normalized spacial score (nSPS) is 20.6. The van der Waals surface area contributed by atoms with Gasteiger partial charge in [0.05, 0.1) is 7.11 Å². The van der Waals surface area contributed by atoms with E-state index in [1.165, 1.54) is 0 Å². The van der Waals surface area contributed by atoms with Crippen molar-refractivity contribution < 1.29 is 14.3 Å². The number of carbonyl (C=O) groups excluding carboxylic acids is 1. The molecule has 0 aromatic heterocycles. The quantitative estimate of drug-likeness (QED) is 0.742. The van der Waals surface area contributed by atoms with Crippen molar-refractivity contribution in [2.45, 2.75) is 44.7 Å². The number of methoxy groups -OCH3 is 2. The van der Waals surface area contributed by atoms with E-state index in [2.05, 4.69) is 0 Å². The zero-order valence-electron chi connectivity index (χ0n) is 14.9. The Labute approximate surface area is 145 Å². The van der Waals surface area contributed by atoms with Gasteiger partial charge in [0.25, 0.3) is 0 Å². The summed E-state index contributed by atoms with van der Waals surface area (Å²) in [5.74, 6) is 1.10. The predicted octanol–water partition coefficient (Wildman–Crippen LogP) is 2.58. The summed E-state index contributed by atoms with van der Waals surface area (Å²) in [5, 5.41) is 0. The lowest BCUT2D eigenvalue weighted by Gasteiger charge is -2.31. The molecule has 2 atom stereocenters. The monoisotopic (exact) mass is 334 g/mol. The molecule has 0 radical (unpaired) electrons. The number of carbonyl (C=O) groups is 1. The Kier molecular flexibility index (Phi) is 7.53. The van der Waals surface area contributed by atoms with Crippen LogP contribution in [0.2, 0.25) is 0 Å². The summed E-state index contributed by atoms with van der Waals surface area (Å²) in [6, 6.07) is 8.06. The van der Waals surface area contributed by atoms with Gasteiger partial charge in [0, 0.05) is 38.8 Å². The molecule has 0 aliphatic heterocycles. The molecule has 1 aliphatic carbocycles. The number of nitrogens with two attached hydrogens (primary N) is 1. The molecular formula is C19H30N2O3. The molecule has 5 heteroatoms. The van der Waals surface area contributed by atoms with Gasteiger partial charge < -0.3 is 20.1 Å². The standard InChI is InChI=1S/C19H30N2O3/c1-23-11-5-10-21(14-15-6-3-9-18(12-15)24-2)19(22)16-7-4-8-17(20)13-16/h3,6,9,12,16-17H,4-5,7-8,10-11,13-14,20H2,1-2H3/t16-,17+/m1/s1. The second kappa shape index (κ2) is 9.64. The van der Waals surface area contributed by atoms with Gasteiger partial charge in [-0.25, -0.2) is 0 Å². The highest BCUT2D eigenvalue weighted by molar-refractivity contribution is 5.79. The van der Waals surface area contributed by atoms with E-state index in [0.717, 1.165) is 43.4 Å². The average molecular weight is 334 g/mol. The van der Waals surface area contributed by atoms with Gasteiger partial charge in [-0.1, -0.05) is 18.6 Å². The summed E-state index contributed by atoms with van der Waals surface area (Å²) in [7, 11) is 3.35. The van der Waals surface area contributed by atoms with Crippen molar-refractivity contribution in [2.24, 2.45) is 11.7 Å². The summed E-state index contributed by atoms with van der Waals surface area (Å²) < 4.78 is 10.4. The van der Waals surface area contributed by atoms with E-state index >= 15 is 0 Å². The molecule has 2 N–H and O–H groups in total. The van der Waals surface area contributed by atoms with Crippen LogP contribution < -0.4 is 10.5 Å². The Morgan fingerprint density at radius 1 is 1.33 bits per heavy atom. The molecule has 2 rings (SSSR count). The molecule has 1 aliphatic rings. The van der Waals surface area contributed by atoms with Crippen molar-refractivity contribution in [1.29, 1.82) is 0 Å². The van der Waals surface area contributed by atoms with Crippen LogP contribution in [0.3, 0.4) is 0 Å². The predicted molar refractivity (Wildman–Crippen MR) is 94.8 cm³/mol. The van der Waals surface area contributed by atoms with Crippen LogP contribution >= 0.6 is 0 Å². The van der Waals surface area contributed by atoms with Gasteiger partial charge in [-0.2, -0.15) is 0 Å². The van der Waals surface area contributed by atoms with Crippen molar-refractivity contribution in [2.75, 3.05) is 27.4 Å². The van der Waals surface area contributed by atoms with Crippen LogP contribution in [0.5, 0.6) is 5.75 Å². The highest BCUT2D eigenvalue weighted by Gasteiger charge is 2.28. The van der Waals surface area contributed by atoms with E-state index < -0.39 is 0 Å². The fraction of sp³-hybridized carbons (Fsp3) is 0.632. The van der Waals surface area contributed by atoms with Crippen LogP contribution in [0.25, 0.3) is 0 Å². The SMILES string of the molecule is COCCCN(Cc1cccc(OC)c1)C(=O)[C@@H]1CCC[C@H](N)C1. The lowest BCUT2D eigenvalue weighted by Crippen LogP contribution is -2.41. The first kappa shape index (κ1) is 18.7. The number of hydrogen-bond acceptors (Lipinski definition) is 4. The van der Waals surface area contributed by atoms with E-state index in [1.54, 1.807) is 14.2 Å². The number of amides is 1. The molecule has 1 aromatic carbocycles. The molecule has 0 unspecified atom stereocenters. The third-order valence-corrected chi connectivity index (χ3v) is 4.66. The van der Waals surface area contributed by atoms with Crippen molar-refractivity contribution in [1.82, 2.24) is 4.90 Å². The lowest BCUT2D eigenvalue weighted by atomic mass is 9.85. The molecule has 1 amide bonds. The number of rotatable bonds is 8. The van der Waals surface area contributed by atoms with Gasteiger partial charge in [0.1, 0.15) is 5.75 Å². The third kappa shape index (κ3) is 5.49. The minimum Gasteiger partial charge on any atom is -0.497 e. The van der Waals surface area contributed by atoms with E-state index in [0.29, 0.717) is 19.7 Å². The lowest BCUT2D eigenvalue weighted by molar-refractivity contribution is -0.137. The summed E-state index contributed by atoms with van der Waals surface area (Å²) >= 11 is 0. The fourth-order valence-electron chi connectivity index (χ4n) is 3.37. The van der Waals surface area contributed by atoms with E-state index in [9.17, 15) is 4.79 Å². The summed E-state index contributed by atoms with van der Waals surface area (Å²) in [4.78, 5) is 15.0. The van der Waals surface area contributed by atoms with Crippen LogP contribution in [0, 0.1) is 5.92 Å². The van der Waals surface area contributed by atoms with Crippen LogP contribution in [-0.4, -0.2) is 44.2 Å². The molecule has 0 bridgehead atoms. The molecule has 0 saturated heterocycles. The Balaban J connectivity index is 2.06. The first-order valence-corrected chi connectivity index (χ1v) is 8.80. The Morgan fingerprint density at radius 2 is 2.17 bits per heavy atom. The molecular weight excluding hydrogens is 304 g/mol. The van der Waals surface area contributed by atoms with Crippen LogP contribution in [0.15, 0.2) is 24.3 Å². The van der Waals surface area contributed by atoms with Gasteiger partial charge in [-0.15, -0.1) is 0 Å². The number of benzene rings is 1. The van der Waals surface area contributed by atoms with E-state index in [-0.39, 0.29) is 17.9 Å². The molecule has 1 aromatic rings. The van der Waals surface area contributed by atoms with Crippen LogP contribution in [-0.2, 0) is 16.1 Å². The highest BCUT2D eigenvalue weighted by atomic mass is 16.5. The maximum atomic E-state index is 13.0. The molecule has 1 fully saturated rings. The Bertz CT molecular complexity index is 521. The maximum Gasteiger partial charge on any atom is 0.226 e. The van der Waals surface area contributed by atoms with Crippen molar-refractivity contribution in [3.05, 3.63) is 29.8 Å². The molecule has 134 valence electrons. The third-order valence-electron chi connectivity index (χ3n) is 4.66. The van der Waals surface area contributed by atoms with Gasteiger partial charge in [0.15, 0.2) is 0 Å². The largest absolute Gasteiger partial charge is 0.497 e. The Hall–Kier alpha value is -1.59. The molecule has 24 heavy (non-hydrogen) atoms. The number of nitrogens with zero attached hydrogens (tertiary/aromatic N) is 1. The van der Waals surface area contributed by atoms with Gasteiger partial charge in [-0.05, 0) is 43.4 Å². The zero-order chi connectivity index (χ0) is 17.4. The fourth-order valence-corrected chi connectivity index (χ4v) is 3.37. The number of ether oxygens (including phenoxy) is 2. The summed E-state index contributed by atoms with van der Waals surface area (Å²) in [6.45, 7) is 1.97. The first-order chi connectivity index (χ1) is 11.6.